The first kappa shape index (κ1) is 15.6. The molecule has 0 aliphatic carbocycles. The van der Waals surface area contributed by atoms with Crippen LogP contribution in [0, 0.1) is 0 Å². The van der Waals surface area contributed by atoms with E-state index in [1.165, 1.54) is 5.56 Å². The van der Waals surface area contributed by atoms with Crippen molar-refractivity contribution in [1.29, 1.82) is 0 Å². The minimum atomic E-state index is 0.466. The summed E-state index contributed by atoms with van der Waals surface area (Å²) in [6.45, 7) is 3.63. The largest absolute Gasteiger partial charge is 0.383 e. The van der Waals surface area contributed by atoms with E-state index >= 15 is 0 Å². The Balaban J connectivity index is 2.03. The fourth-order valence-corrected chi connectivity index (χ4v) is 2.15. The van der Waals surface area contributed by atoms with Crippen LogP contribution in [-0.2, 0) is 29.3 Å². The van der Waals surface area contributed by atoms with Crippen molar-refractivity contribution >= 4 is 0 Å². The fraction of sp³-hybridized carbons (Fsp3) is 0.467. The lowest BCUT2D eigenvalue weighted by atomic mass is 10.2. The molecule has 0 bridgehead atoms. The fourth-order valence-electron chi connectivity index (χ4n) is 2.15. The van der Waals surface area contributed by atoms with E-state index in [1.54, 1.807) is 26.6 Å². The van der Waals surface area contributed by atoms with E-state index in [9.17, 15) is 0 Å². The molecule has 21 heavy (non-hydrogen) atoms. The zero-order chi connectivity index (χ0) is 14.9. The van der Waals surface area contributed by atoms with Crippen molar-refractivity contribution in [3.63, 3.8) is 0 Å². The molecule has 0 aromatic carbocycles. The molecule has 0 atom stereocenters. The van der Waals surface area contributed by atoms with Gasteiger partial charge in [-0.25, -0.2) is 4.68 Å². The number of methoxy groups -OCH3 is 2. The van der Waals surface area contributed by atoms with Crippen LogP contribution >= 0.6 is 0 Å². The number of hydrogen-bond acceptors (Lipinski definition) is 5. The number of pyridine rings is 1. The molecule has 0 fully saturated rings. The predicted octanol–water partition coefficient (Wildman–Crippen LogP) is 1.53. The first-order chi connectivity index (χ1) is 10.3. The second kappa shape index (κ2) is 8.51. The van der Waals surface area contributed by atoms with E-state index in [0.29, 0.717) is 13.3 Å². The van der Waals surface area contributed by atoms with Gasteiger partial charge in [0.2, 0.25) is 0 Å². The van der Waals surface area contributed by atoms with Crippen LogP contribution in [-0.4, -0.2) is 47.0 Å². The lowest BCUT2D eigenvalue weighted by molar-refractivity contribution is 0.109. The molecule has 2 aromatic rings. The van der Waals surface area contributed by atoms with Crippen LogP contribution in [0.3, 0.4) is 0 Å². The maximum atomic E-state index is 5.20. The van der Waals surface area contributed by atoms with Crippen LogP contribution in [0.4, 0.5) is 0 Å². The Morgan fingerprint density at radius 3 is 2.76 bits per heavy atom. The molecule has 0 spiro atoms. The second-order valence-corrected chi connectivity index (χ2v) is 4.80. The van der Waals surface area contributed by atoms with Gasteiger partial charge >= 0.3 is 0 Å². The third-order valence-electron chi connectivity index (χ3n) is 3.18. The first-order valence-corrected chi connectivity index (χ1v) is 6.93. The van der Waals surface area contributed by atoms with Gasteiger partial charge in [-0.2, -0.15) is 5.10 Å². The van der Waals surface area contributed by atoms with Gasteiger partial charge in [-0.1, -0.05) is 6.07 Å². The summed E-state index contributed by atoms with van der Waals surface area (Å²) >= 11 is 0. The van der Waals surface area contributed by atoms with Gasteiger partial charge in [0, 0.05) is 52.4 Å². The van der Waals surface area contributed by atoms with Crippen LogP contribution in [0.2, 0.25) is 0 Å². The smallest absolute Gasteiger partial charge is 0.139 e. The Bertz CT molecular complexity index is 515. The summed E-state index contributed by atoms with van der Waals surface area (Å²) in [5.41, 5.74) is 2.31. The van der Waals surface area contributed by atoms with Gasteiger partial charge in [0.1, 0.15) is 6.73 Å². The van der Waals surface area contributed by atoms with E-state index in [0.717, 1.165) is 25.3 Å². The molecule has 0 saturated heterocycles. The monoisotopic (exact) mass is 290 g/mol. The van der Waals surface area contributed by atoms with Crippen LogP contribution in [0.5, 0.6) is 0 Å². The average Bonchev–Trinajstić information content (AvgIpc) is 2.93. The summed E-state index contributed by atoms with van der Waals surface area (Å²) < 4.78 is 12.2. The number of aromatic nitrogens is 3. The van der Waals surface area contributed by atoms with Gasteiger partial charge in [-0.3, -0.25) is 9.88 Å². The van der Waals surface area contributed by atoms with E-state index < -0.39 is 0 Å². The molecule has 0 radical (unpaired) electrons. The molecule has 0 aliphatic heterocycles. The number of nitrogens with zero attached hydrogens (tertiary/aromatic N) is 4. The van der Waals surface area contributed by atoms with E-state index in [-0.39, 0.29) is 0 Å². The third-order valence-corrected chi connectivity index (χ3v) is 3.18. The Kier molecular flexibility index (Phi) is 6.33. The number of hydrogen-bond donors (Lipinski definition) is 0. The molecule has 0 N–H and O–H groups in total. The summed E-state index contributed by atoms with van der Waals surface area (Å²) in [4.78, 5) is 6.48. The summed E-state index contributed by atoms with van der Waals surface area (Å²) in [6.07, 6.45) is 5.48. The van der Waals surface area contributed by atoms with Crippen molar-refractivity contribution in [2.45, 2.75) is 19.8 Å². The summed E-state index contributed by atoms with van der Waals surface area (Å²) in [5.74, 6) is 0. The zero-order valence-electron chi connectivity index (χ0n) is 12.6. The van der Waals surface area contributed by atoms with Crippen molar-refractivity contribution in [1.82, 2.24) is 19.7 Å². The van der Waals surface area contributed by atoms with Crippen molar-refractivity contribution in [3.8, 4) is 0 Å². The van der Waals surface area contributed by atoms with E-state index in [1.807, 2.05) is 23.0 Å². The Labute approximate surface area is 125 Å². The molecule has 2 aromatic heterocycles. The minimum Gasteiger partial charge on any atom is -0.383 e. The number of rotatable bonds is 9. The predicted molar refractivity (Wildman–Crippen MR) is 79.5 cm³/mol. The second-order valence-electron chi connectivity index (χ2n) is 4.80. The highest BCUT2D eigenvalue weighted by molar-refractivity contribution is 5.09. The highest BCUT2D eigenvalue weighted by Gasteiger charge is 2.10. The SMILES string of the molecule is COCCN(Cc1cccnc1)Cc1ccnn1COC. The lowest BCUT2D eigenvalue weighted by Crippen LogP contribution is -2.28. The first-order valence-electron chi connectivity index (χ1n) is 6.93. The maximum absolute atomic E-state index is 5.20. The maximum Gasteiger partial charge on any atom is 0.139 e. The van der Waals surface area contributed by atoms with Crippen LogP contribution in [0.25, 0.3) is 0 Å². The summed E-state index contributed by atoms with van der Waals surface area (Å²) in [5, 5.41) is 4.27. The highest BCUT2D eigenvalue weighted by atomic mass is 16.5. The van der Waals surface area contributed by atoms with Crippen LogP contribution < -0.4 is 0 Å². The van der Waals surface area contributed by atoms with Gasteiger partial charge in [-0.05, 0) is 17.7 Å². The average molecular weight is 290 g/mol. The molecule has 2 heterocycles. The summed E-state index contributed by atoms with van der Waals surface area (Å²) in [6, 6.07) is 6.06. The quantitative estimate of drug-likeness (QED) is 0.701. The van der Waals surface area contributed by atoms with Gasteiger partial charge in [0.25, 0.3) is 0 Å². The van der Waals surface area contributed by atoms with E-state index in [2.05, 4.69) is 21.0 Å². The molecule has 2 rings (SSSR count). The van der Waals surface area contributed by atoms with Crippen molar-refractivity contribution in [2.24, 2.45) is 0 Å². The van der Waals surface area contributed by atoms with Crippen molar-refractivity contribution in [3.05, 3.63) is 48.0 Å². The topological polar surface area (TPSA) is 52.4 Å². The highest BCUT2D eigenvalue weighted by Crippen LogP contribution is 2.09. The minimum absolute atomic E-state index is 0.466. The molecule has 0 aliphatic rings. The molecular weight excluding hydrogens is 268 g/mol. The molecule has 0 saturated carbocycles. The van der Waals surface area contributed by atoms with E-state index in [4.69, 9.17) is 9.47 Å². The summed E-state index contributed by atoms with van der Waals surface area (Å²) in [7, 11) is 3.39. The normalized spacial score (nSPS) is 11.2. The Morgan fingerprint density at radius 1 is 1.14 bits per heavy atom. The molecule has 0 amide bonds. The van der Waals surface area contributed by atoms with Crippen molar-refractivity contribution in [2.75, 3.05) is 27.4 Å². The lowest BCUT2D eigenvalue weighted by Gasteiger charge is -2.22. The zero-order valence-corrected chi connectivity index (χ0v) is 12.6. The van der Waals surface area contributed by atoms with Gasteiger partial charge in [-0.15, -0.1) is 0 Å². The van der Waals surface area contributed by atoms with Gasteiger partial charge in [0.05, 0.1) is 12.3 Å². The molecule has 6 nitrogen and oxygen atoms in total. The van der Waals surface area contributed by atoms with Crippen molar-refractivity contribution < 1.29 is 9.47 Å². The van der Waals surface area contributed by atoms with Crippen LogP contribution in [0.15, 0.2) is 36.8 Å². The number of ether oxygens (including phenoxy) is 2. The molecule has 0 unspecified atom stereocenters. The standard InChI is InChI=1S/C15H22N4O2/c1-20-9-8-18(11-14-4-3-6-16-10-14)12-15-5-7-17-19(15)13-21-2/h3-7,10H,8-9,11-13H2,1-2H3. The molecule has 6 heteroatoms. The van der Waals surface area contributed by atoms with Gasteiger partial charge in [0.15, 0.2) is 0 Å². The molecular formula is C15H22N4O2. The van der Waals surface area contributed by atoms with Crippen LogP contribution in [0.1, 0.15) is 11.3 Å². The Hall–Kier alpha value is -1.76. The Morgan fingerprint density at radius 2 is 2.05 bits per heavy atom. The molecule has 114 valence electrons. The van der Waals surface area contributed by atoms with Gasteiger partial charge < -0.3 is 9.47 Å². The third kappa shape index (κ3) is 4.93.